The van der Waals surface area contributed by atoms with Crippen LogP contribution in [0, 0.1) is 6.92 Å². The Morgan fingerprint density at radius 2 is 1.90 bits per heavy atom. The Hall–Kier alpha value is -3.20. The summed E-state index contributed by atoms with van der Waals surface area (Å²) in [5.41, 5.74) is -0.940. The van der Waals surface area contributed by atoms with Crippen LogP contribution in [0.2, 0.25) is 5.02 Å². The lowest BCUT2D eigenvalue weighted by atomic mass is 10.1. The summed E-state index contributed by atoms with van der Waals surface area (Å²) in [5.74, 6) is 0.470. The Kier molecular flexibility index (Phi) is 6.21. The standard InChI is InChI=1S/C20H16ClF3N2O4/c1-11-13(10-29-17-6-4-3-5-16(17)28-2)18(26-30-11)19(27)25-15-9-12(20(22,23)24)7-8-14(15)21/h3-9H,10H2,1-2H3,(H,25,27). The van der Waals surface area contributed by atoms with Crippen molar-refractivity contribution in [1.82, 2.24) is 5.16 Å². The van der Waals surface area contributed by atoms with Crippen LogP contribution in [0.4, 0.5) is 18.9 Å². The Labute approximate surface area is 174 Å². The Balaban J connectivity index is 1.82. The molecule has 1 amide bonds. The third kappa shape index (κ3) is 4.68. The summed E-state index contributed by atoms with van der Waals surface area (Å²) in [4.78, 5) is 12.6. The average Bonchev–Trinajstić information content (AvgIpc) is 3.08. The van der Waals surface area contributed by atoms with E-state index in [2.05, 4.69) is 10.5 Å². The van der Waals surface area contributed by atoms with Gasteiger partial charge in [0, 0.05) is 0 Å². The van der Waals surface area contributed by atoms with Crippen LogP contribution in [-0.4, -0.2) is 18.2 Å². The first-order chi connectivity index (χ1) is 14.2. The molecule has 10 heteroatoms. The summed E-state index contributed by atoms with van der Waals surface area (Å²) in [6.07, 6.45) is -4.58. The lowest BCUT2D eigenvalue weighted by Gasteiger charge is -2.12. The third-order valence-electron chi connectivity index (χ3n) is 4.18. The maximum absolute atomic E-state index is 12.9. The smallest absolute Gasteiger partial charge is 0.416 e. The first-order valence-corrected chi connectivity index (χ1v) is 8.97. The predicted octanol–water partition coefficient (Wildman–Crippen LogP) is 5.50. The molecule has 0 bridgehead atoms. The van der Waals surface area contributed by atoms with Crippen LogP contribution < -0.4 is 14.8 Å². The molecule has 2 aromatic carbocycles. The molecule has 0 unspecified atom stereocenters. The van der Waals surface area contributed by atoms with E-state index < -0.39 is 17.6 Å². The molecule has 0 atom stereocenters. The quantitative estimate of drug-likeness (QED) is 0.548. The van der Waals surface area contributed by atoms with E-state index in [1.807, 2.05) is 0 Å². The number of hydrogen-bond donors (Lipinski definition) is 1. The van der Waals surface area contributed by atoms with Crippen molar-refractivity contribution in [3.05, 3.63) is 70.1 Å². The van der Waals surface area contributed by atoms with E-state index in [0.29, 0.717) is 22.8 Å². The number of halogens is 4. The highest BCUT2D eigenvalue weighted by Gasteiger charge is 2.31. The summed E-state index contributed by atoms with van der Waals surface area (Å²) in [6, 6.07) is 9.54. The molecule has 0 fully saturated rings. The van der Waals surface area contributed by atoms with Gasteiger partial charge in [0.2, 0.25) is 0 Å². The molecule has 1 aromatic heterocycles. The zero-order chi connectivity index (χ0) is 21.9. The summed E-state index contributed by atoms with van der Waals surface area (Å²) in [6.45, 7) is 1.51. The van der Waals surface area contributed by atoms with E-state index in [-0.39, 0.29) is 23.0 Å². The monoisotopic (exact) mass is 440 g/mol. The van der Waals surface area contributed by atoms with Gasteiger partial charge in [0.05, 0.1) is 28.9 Å². The number of methoxy groups -OCH3 is 1. The maximum Gasteiger partial charge on any atom is 0.416 e. The first kappa shape index (κ1) is 21.5. The molecule has 0 aliphatic heterocycles. The first-order valence-electron chi connectivity index (χ1n) is 8.59. The lowest BCUT2D eigenvalue weighted by molar-refractivity contribution is -0.137. The van der Waals surface area contributed by atoms with Gasteiger partial charge in [-0.3, -0.25) is 4.79 Å². The van der Waals surface area contributed by atoms with E-state index in [1.165, 1.54) is 7.11 Å². The molecular weight excluding hydrogens is 425 g/mol. The summed E-state index contributed by atoms with van der Waals surface area (Å²) in [7, 11) is 1.49. The number of nitrogens with one attached hydrogen (secondary N) is 1. The summed E-state index contributed by atoms with van der Waals surface area (Å²) < 4.78 is 54.8. The SMILES string of the molecule is COc1ccccc1OCc1c(C(=O)Nc2cc(C(F)(F)F)ccc2Cl)noc1C. The highest BCUT2D eigenvalue weighted by Crippen LogP contribution is 2.34. The zero-order valence-corrected chi connectivity index (χ0v) is 16.6. The lowest BCUT2D eigenvalue weighted by Crippen LogP contribution is -2.16. The number of alkyl halides is 3. The van der Waals surface area contributed by atoms with E-state index in [9.17, 15) is 18.0 Å². The molecule has 3 aromatic rings. The number of carbonyl (C=O) groups excluding carboxylic acids is 1. The van der Waals surface area contributed by atoms with Gasteiger partial charge in [-0.1, -0.05) is 28.9 Å². The van der Waals surface area contributed by atoms with Crippen LogP contribution in [-0.2, 0) is 12.8 Å². The summed E-state index contributed by atoms with van der Waals surface area (Å²) >= 11 is 5.93. The second-order valence-corrected chi connectivity index (χ2v) is 6.56. The van der Waals surface area contributed by atoms with Crippen molar-refractivity contribution in [2.45, 2.75) is 19.7 Å². The number of rotatable bonds is 6. The number of hydrogen-bond acceptors (Lipinski definition) is 5. The molecule has 0 spiro atoms. The second kappa shape index (κ2) is 8.66. The van der Waals surface area contributed by atoms with Crippen LogP contribution in [0.5, 0.6) is 11.5 Å². The minimum absolute atomic E-state index is 0.0524. The minimum atomic E-state index is -4.58. The molecule has 0 aliphatic carbocycles. The number of benzene rings is 2. The van der Waals surface area contributed by atoms with Crippen molar-refractivity contribution in [3.63, 3.8) is 0 Å². The Morgan fingerprint density at radius 1 is 1.20 bits per heavy atom. The maximum atomic E-state index is 12.9. The fraction of sp³-hybridized carbons (Fsp3) is 0.200. The number of amides is 1. The van der Waals surface area contributed by atoms with Gasteiger partial charge in [-0.15, -0.1) is 0 Å². The van der Waals surface area contributed by atoms with E-state index in [0.717, 1.165) is 18.2 Å². The third-order valence-corrected chi connectivity index (χ3v) is 4.51. The van der Waals surface area contributed by atoms with E-state index >= 15 is 0 Å². The largest absolute Gasteiger partial charge is 0.493 e. The Bertz CT molecular complexity index is 1070. The van der Waals surface area contributed by atoms with Gasteiger partial charge in [-0.25, -0.2) is 0 Å². The molecule has 3 rings (SSSR count). The topological polar surface area (TPSA) is 73.6 Å². The zero-order valence-electron chi connectivity index (χ0n) is 15.8. The van der Waals surface area contributed by atoms with Crippen molar-refractivity contribution in [2.24, 2.45) is 0 Å². The van der Waals surface area contributed by atoms with Crippen molar-refractivity contribution >= 4 is 23.2 Å². The summed E-state index contributed by atoms with van der Waals surface area (Å²) in [5, 5.41) is 5.99. The van der Waals surface area contributed by atoms with Crippen molar-refractivity contribution in [3.8, 4) is 11.5 Å². The number of carbonyl (C=O) groups is 1. The van der Waals surface area contributed by atoms with Gasteiger partial charge >= 0.3 is 6.18 Å². The number of nitrogens with zero attached hydrogens (tertiary/aromatic N) is 1. The van der Waals surface area contributed by atoms with Gasteiger partial charge in [0.1, 0.15) is 12.4 Å². The van der Waals surface area contributed by atoms with Gasteiger partial charge < -0.3 is 19.3 Å². The van der Waals surface area contributed by atoms with Crippen LogP contribution in [0.15, 0.2) is 47.0 Å². The van der Waals surface area contributed by atoms with Crippen molar-refractivity contribution in [2.75, 3.05) is 12.4 Å². The molecule has 0 saturated heterocycles. The number of aromatic nitrogens is 1. The van der Waals surface area contributed by atoms with Crippen molar-refractivity contribution in [1.29, 1.82) is 0 Å². The molecular formula is C20H16ClF3N2O4. The molecule has 0 radical (unpaired) electrons. The molecule has 0 aliphatic rings. The fourth-order valence-electron chi connectivity index (χ4n) is 2.61. The van der Waals surface area contributed by atoms with Gasteiger partial charge in [0.25, 0.3) is 5.91 Å². The second-order valence-electron chi connectivity index (χ2n) is 6.15. The van der Waals surface area contributed by atoms with Gasteiger partial charge in [0.15, 0.2) is 17.2 Å². The van der Waals surface area contributed by atoms with Crippen LogP contribution >= 0.6 is 11.6 Å². The van der Waals surface area contributed by atoms with E-state index in [1.54, 1.807) is 31.2 Å². The molecule has 6 nitrogen and oxygen atoms in total. The van der Waals surface area contributed by atoms with E-state index in [4.69, 9.17) is 25.6 Å². The van der Waals surface area contributed by atoms with Crippen LogP contribution in [0.3, 0.4) is 0 Å². The molecule has 0 saturated carbocycles. The molecule has 1 N–H and O–H groups in total. The van der Waals surface area contributed by atoms with Crippen LogP contribution in [0.25, 0.3) is 0 Å². The van der Waals surface area contributed by atoms with Gasteiger partial charge in [-0.2, -0.15) is 13.2 Å². The molecule has 1 heterocycles. The Morgan fingerprint density at radius 3 is 2.57 bits per heavy atom. The normalized spacial score (nSPS) is 11.3. The molecule has 30 heavy (non-hydrogen) atoms. The number of ether oxygens (including phenoxy) is 2. The highest BCUT2D eigenvalue weighted by molar-refractivity contribution is 6.34. The number of para-hydroxylation sites is 2. The van der Waals surface area contributed by atoms with Crippen molar-refractivity contribution < 1.29 is 32.0 Å². The number of aryl methyl sites for hydroxylation is 1. The molecule has 158 valence electrons. The fourth-order valence-corrected chi connectivity index (χ4v) is 2.77. The number of anilines is 1. The van der Waals surface area contributed by atoms with Gasteiger partial charge in [-0.05, 0) is 37.3 Å². The average molecular weight is 441 g/mol. The highest BCUT2D eigenvalue weighted by atomic mass is 35.5. The minimum Gasteiger partial charge on any atom is -0.493 e. The predicted molar refractivity (Wildman–Crippen MR) is 103 cm³/mol. The van der Waals surface area contributed by atoms with Crippen LogP contribution in [0.1, 0.15) is 27.4 Å².